The van der Waals surface area contributed by atoms with E-state index in [1.54, 1.807) is 0 Å². The third-order valence-corrected chi connectivity index (χ3v) is 1.58. The van der Waals surface area contributed by atoms with E-state index >= 15 is 0 Å². The highest BCUT2D eigenvalue weighted by atomic mass is 16.1. The van der Waals surface area contributed by atoms with Gasteiger partial charge in [0.05, 0.1) is 0 Å². The van der Waals surface area contributed by atoms with Crippen LogP contribution in [0.25, 0.3) is 0 Å². The topological polar surface area (TPSA) is 17.1 Å². The second-order valence-electron chi connectivity index (χ2n) is 2.88. The van der Waals surface area contributed by atoms with Crippen molar-refractivity contribution < 1.29 is 4.79 Å². The molecule has 1 heteroatoms. The summed E-state index contributed by atoms with van der Waals surface area (Å²) in [5.74, 6) is 0.308. The van der Waals surface area contributed by atoms with Gasteiger partial charge in [-0.3, -0.25) is 4.79 Å². The molecule has 0 spiro atoms. The second kappa shape index (κ2) is 17.3. The minimum Gasteiger partial charge on any atom is -0.294 e. The monoisotopic (exact) mass is 238 g/mol. The zero-order valence-electron chi connectivity index (χ0n) is 12.9. The van der Waals surface area contributed by atoms with E-state index in [1.165, 1.54) is 0 Å². The van der Waals surface area contributed by atoms with Gasteiger partial charge in [-0.15, -0.1) is 0 Å². The van der Waals surface area contributed by atoms with Crippen molar-refractivity contribution in [2.45, 2.75) is 55.4 Å². The number of hydrogen-bond acceptors (Lipinski definition) is 1. The Labute approximate surface area is 108 Å². The summed E-state index contributed by atoms with van der Waals surface area (Å²) < 4.78 is 0. The number of hydrogen-bond donors (Lipinski definition) is 0. The van der Waals surface area contributed by atoms with E-state index in [-0.39, 0.29) is 11.7 Å². The van der Waals surface area contributed by atoms with Gasteiger partial charge in [0.2, 0.25) is 0 Å². The van der Waals surface area contributed by atoms with E-state index in [0.717, 1.165) is 5.56 Å². The van der Waals surface area contributed by atoms with Crippen LogP contribution in [-0.4, -0.2) is 5.78 Å². The number of rotatable bonds is 2. The fraction of sp³-hybridized carbons (Fsp3) is 0.562. The molecule has 0 unspecified atom stereocenters. The summed E-state index contributed by atoms with van der Waals surface area (Å²) in [5, 5.41) is 0. The summed E-state index contributed by atoms with van der Waals surface area (Å²) in [5.41, 5.74) is 0.808. The van der Waals surface area contributed by atoms with E-state index < -0.39 is 0 Å². The summed E-state index contributed by atoms with van der Waals surface area (Å²) in [6.07, 6.45) is 0. The van der Waals surface area contributed by atoms with Gasteiger partial charge in [0.1, 0.15) is 0 Å². The molecule has 0 aliphatic rings. The minimum absolute atomic E-state index is 0.0948. The normalized spacial score (nSPS) is 7.59. The SMILES string of the molecule is CC.CC.CC.CC(C)C(=O)c1ccccc1. The minimum atomic E-state index is 0.0948. The van der Waals surface area contributed by atoms with E-state index in [4.69, 9.17) is 0 Å². The summed E-state index contributed by atoms with van der Waals surface area (Å²) >= 11 is 0. The molecule has 0 N–H and O–H groups in total. The smallest absolute Gasteiger partial charge is 0.165 e. The first kappa shape index (κ1) is 21.2. The van der Waals surface area contributed by atoms with Gasteiger partial charge in [0.25, 0.3) is 0 Å². The van der Waals surface area contributed by atoms with Crippen molar-refractivity contribution in [1.82, 2.24) is 0 Å². The molecule has 1 nitrogen and oxygen atoms in total. The number of benzene rings is 1. The van der Waals surface area contributed by atoms with Crippen LogP contribution in [0.4, 0.5) is 0 Å². The van der Waals surface area contributed by atoms with Crippen LogP contribution in [0.1, 0.15) is 65.7 Å². The van der Waals surface area contributed by atoms with Crippen LogP contribution in [0.3, 0.4) is 0 Å². The Morgan fingerprint density at radius 1 is 0.824 bits per heavy atom. The predicted molar refractivity (Wildman–Crippen MR) is 79.7 cm³/mol. The molecular weight excluding hydrogens is 208 g/mol. The van der Waals surface area contributed by atoms with Crippen molar-refractivity contribution in [2.24, 2.45) is 5.92 Å². The van der Waals surface area contributed by atoms with E-state index in [9.17, 15) is 4.79 Å². The Bertz CT molecular complexity index is 237. The van der Waals surface area contributed by atoms with E-state index in [0.29, 0.717) is 0 Å². The summed E-state index contributed by atoms with van der Waals surface area (Å²) in [6, 6.07) is 9.38. The maximum atomic E-state index is 11.3. The molecular formula is C16H30O. The van der Waals surface area contributed by atoms with Crippen LogP contribution in [-0.2, 0) is 0 Å². The average Bonchev–Trinajstić information content (AvgIpc) is 2.45. The van der Waals surface area contributed by atoms with Gasteiger partial charge in [-0.25, -0.2) is 0 Å². The lowest BCUT2D eigenvalue weighted by Gasteiger charge is -2.01. The first-order valence-electron chi connectivity index (χ1n) is 6.81. The molecule has 0 atom stereocenters. The van der Waals surface area contributed by atoms with Crippen molar-refractivity contribution in [3.05, 3.63) is 35.9 Å². The quantitative estimate of drug-likeness (QED) is 0.612. The van der Waals surface area contributed by atoms with Gasteiger partial charge >= 0.3 is 0 Å². The standard InChI is InChI=1S/C10H12O.3C2H6/c1-8(2)10(11)9-6-4-3-5-7-9;3*1-2/h3-8H,1-2H3;3*1-2H3. The molecule has 100 valence electrons. The van der Waals surface area contributed by atoms with Crippen LogP contribution in [0.5, 0.6) is 0 Å². The summed E-state index contributed by atoms with van der Waals surface area (Å²) in [7, 11) is 0. The van der Waals surface area contributed by atoms with Gasteiger partial charge in [0, 0.05) is 11.5 Å². The molecule has 0 fully saturated rings. The summed E-state index contributed by atoms with van der Waals surface area (Å²) in [4.78, 5) is 11.3. The molecule has 0 radical (unpaired) electrons. The maximum absolute atomic E-state index is 11.3. The van der Waals surface area contributed by atoms with Gasteiger partial charge < -0.3 is 0 Å². The molecule has 0 heterocycles. The third kappa shape index (κ3) is 11.2. The third-order valence-electron chi connectivity index (χ3n) is 1.58. The Hall–Kier alpha value is -1.11. The highest BCUT2D eigenvalue weighted by molar-refractivity contribution is 5.97. The van der Waals surface area contributed by atoms with Crippen LogP contribution >= 0.6 is 0 Å². The van der Waals surface area contributed by atoms with Crippen molar-refractivity contribution in [3.63, 3.8) is 0 Å². The van der Waals surface area contributed by atoms with Gasteiger partial charge in [-0.1, -0.05) is 85.7 Å². The van der Waals surface area contributed by atoms with Gasteiger partial charge in [-0.05, 0) is 0 Å². The highest BCUT2D eigenvalue weighted by Crippen LogP contribution is 2.06. The Kier molecular flexibility index (Phi) is 21.6. The first-order valence-corrected chi connectivity index (χ1v) is 6.81. The van der Waals surface area contributed by atoms with Gasteiger partial charge in [0.15, 0.2) is 5.78 Å². The molecule has 0 aliphatic heterocycles. The zero-order chi connectivity index (χ0) is 14.3. The van der Waals surface area contributed by atoms with E-state index in [2.05, 4.69) is 0 Å². The second-order valence-corrected chi connectivity index (χ2v) is 2.88. The van der Waals surface area contributed by atoms with Gasteiger partial charge in [-0.2, -0.15) is 0 Å². The molecule has 0 aromatic heterocycles. The number of Topliss-reactive ketones (excluding diaryl/α,β-unsaturated/α-hetero) is 1. The van der Waals surface area contributed by atoms with Crippen molar-refractivity contribution in [2.75, 3.05) is 0 Å². The lowest BCUT2D eigenvalue weighted by molar-refractivity contribution is 0.0939. The number of carbonyl (C=O) groups is 1. The molecule has 0 aliphatic carbocycles. The van der Waals surface area contributed by atoms with Crippen LogP contribution < -0.4 is 0 Å². The van der Waals surface area contributed by atoms with Crippen molar-refractivity contribution >= 4 is 5.78 Å². The average molecular weight is 238 g/mol. The Balaban J connectivity index is -0.000000285. The molecule has 1 aromatic carbocycles. The molecule has 1 aromatic rings. The first-order chi connectivity index (χ1) is 8.22. The summed E-state index contributed by atoms with van der Waals surface area (Å²) in [6.45, 7) is 15.8. The van der Waals surface area contributed by atoms with Crippen molar-refractivity contribution in [1.29, 1.82) is 0 Å². The molecule has 0 amide bonds. The lowest BCUT2D eigenvalue weighted by atomic mass is 10.0. The predicted octanol–water partition coefficient (Wildman–Crippen LogP) is 5.60. The maximum Gasteiger partial charge on any atom is 0.165 e. The Morgan fingerprint density at radius 3 is 1.47 bits per heavy atom. The molecule has 0 saturated heterocycles. The lowest BCUT2D eigenvalue weighted by Crippen LogP contribution is -2.06. The number of carbonyl (C=O) groups excluding carboxylic acids is 1. The van der Waals surface area contributed by atoms with Crippen LogP contribution in [0.15, 0.2) is 30.3 Å². The molecule has 0 saturated carbocycles. The van der Waals surface area contributed by atoms with Crippen LogP contribution in [0, 0.1) is 5.92 Å². The molecule has 17 heavy (non-hydrogen) atoms. The zero-order valence-corrected chi connectivity index (χ0v) is 12.9. The van der Waals surface area contributed by atoms with E-state index in [1.807, 2.05) is 85.7 Å². The molecule has 0 bridgehead atoms. The number of ketones is 1. The largest absolute Gasteiger partial charge is 0.294 e. The van der Waals surface area contributed by atoms with Crippen LogP contribution in [0.2, 0.25) is 0 Å². The Morgan fingerprint density at radius 2 is 1.18 bits per heavy atom. The molecule has 1 rings (SSSR count). The fourth-order valence-corrected chi connectivity index (χ4v) is 0.936. The fourth-order valence-electron chi connectivity index (χ4n) is 0.936. The highest BCUT2D eigenvalue weighted by Gasteiger charge is 2.08. The van der Waals surface area contributed by atoms with Crippen molar-refractivity contribution in [3.8, 4) is 0 Å².